The number of carbonyl (C=O) groups is 1. The molecule has 1 aromatic carbocycles. The molecule has 1 heterocycles. The first kappa shape index (κ1) is 9.26. The van der Waals surface area contributed by atoms with Gasteiger partial charge in [-0.25, -0.2) is 4.98 Å². The van der Waals surface area contributed by atoms with Gasteiger partial charge in [-0.1, -0.05) is 12.1 Å². The van der Waals surface area contributed by atoms with Crippen LogP contribution in [0.3, 0.4) is 0 Å². The van der Waals surface area contributed by atoms with Crippen LogP contribution in [0.1, 0.15) is 10.4 Å². The van der Waals surface area contributed by atoms with Gasteiger partial charge in [0, 0.05) is 12.4 Å². The van der Waals surface area contributed by atoms with Gasteiger partial charge in [0.15, 0.2) is 0 Å². The number of H-pyrrole nitrogens is 1. The van der Waals surface area contributed by atoms with E-state index >= 15 is 0 Å². The molecule has 0 bridgehead atoms. The lowest BCUT2D eigenvalue weighted by Crippen LogP contribution is -2.12. The van der Waals surface area contributed by atoms with E-state index < -0.39 is 5.91 Å². The Hall–Kier alpha value is -2.30. The van der Waals surface area contributed by atoms with Crippen molar-refractivity contribution in [3.8, 4) is 5.75 Å². The number of benzene rings is 1. The number of phenolic OH excluding ortho intramolecular Hbond substituents is 1. The highest BCUT2D eigenvalue weighted by Gasteiger charge is 2.10. The van der Waals surface area contributed by atoms with Gasteiger partial charge < -0.3 is 10.1 Å². The Morgan fingerprint density at radius 2 is 2.20 bits per heavy atom. The van der Waals surface area contributed by atoms with E-state index in [2.05, 4.69) is 15.3 Å². The van der Waals surface area contributed by atoms with Crippen molar-refractivity contribution in [1.82, 2.24) is 9.97 Å². The molecule has 0 aliphatic heterocycles. The van der Waals surface area contributed by atoms with E-state index in [9.17, 15) is 9.90 Å². The van der Waals surface area contributed by atoms with Gasteiger partial charge in [0.25, 0.3) is 5.91 Å². The average Bonchev–Trinajstić information content (AvgIpc) is 2.71. The third-order valence-electron chi connectivity index (χ3n) is 1.88. The number of aromatic amines is 1. The fraction of sp³-hybridized carbons (Fsp3) is 0. The molecule has 0 atom stereocenters. The summed E-state index contributed by atoms with van der Waals surface area (Å²) >= 11 is 0. The number of nitrogens with one attached hydrogen (secondary N) is 2. The molecule has 0 aliphatic carbocycles. The molecule has 3 N–H and O–H groups in total. The molecule has 1 aromatic heterocycles. The second kappa shape index (κ2) is 3.83. The highest BCUT2D eigenvalue weighted by atomic mass is 16.3. The zero-order chi connectivity index (χ0) is 10.7. The maximum atomic E-state index is 11.6. The number of imidazole rings is 1. The summed E-state index contributed by atoms with van der Waals surface area (Å²) in [6, 6.07) is 6.32. The first-order chi connectivity index (χ1) is 7.27. The molecule has 0 unspecified atom stereocenters. The molecule has 76 valence electrons. The molecule has 2 aromatic rings. The zero-order valence-corrected chi connectivity index (χ0v) is 7.77. The topological polar surface area (TPSA) is 78.0 Å². The van der Waals surface area contributed by atoms with Crippen LogP contribution >= 0.6 is 0 Å². The number of rotatable bonds is 2. The van der Waals surface area contributed by atoms with Crippen LogP contribution in [0.15, 0.2) is 36.7 Å². The van der Waals surface area contributed by atoms with Gasteiger partial charge in [0.05, 0.1) is 5.56 Å². The second-order valence-corrected chi connectivity index (χ2v) is 2.91. The Kier molecular flexibility index (Phi) is 2.37. The number of carbonyl (C=O) groups excluding carboxylic acids is 1. The highest BCUT2D eigenvalue weighted by Crippen LogP contribution is 2.16. The highest BCUT2D eigenvalue weighted by molar-refractivity contribution is 6.05. The van der Waals surface area contributed by atoms with Crippen LogP contribution in [0, 0.1) is 0 Å². The maximum Gasteiger partial charge on any atom is 0.261 e. The molecule has 0 saturated carbocycles. The minimum atomic E-state index is -0.400. The lowest BCUT2D eigenvalue weighted by atomic mass is 10.2. The molecule has 0 aliphatic rings. The van der Waals surface area contributed by atoms with Crippen LogP contribution in [0.2, 0.25) is 0 Å². The summed E-state index contributed by atoms with van der Waals surface area (Å²) in [5.74, 6) is -0.104. The average molecular weight is 203 g/mol. The fourth-order valence-electron chi connectivity index (χ4n) is 1.17. The summed E-state index contributed by atoms with van der Waals surface area (Å²) in [4.78, 5) is 18.2. The first-order valence-electron chi connectivity index (χ1n) is 4.36. The third kappa shape index (κ3) is 1.96. The molecule has 5 heteroatoms. The van der Waals surface area contributed by atoms with Gasteiger partial charge in [0.2, 0.25) is 5.95 Å². The van der Waals surface area contributed by atoms with Crippen molar-refractivity contribution < 1.29 is 9.90 Å². The monoisotopic (exact) mass is 203 g/mol. The van der Waals surface area contributed by atoms with Gasteiger partial charge in [0.1, 0.15) is 5.75 Å². The van der Waals surface area contributed by atoms with Crippen LogP contribution in [-0.2, 0) is 0 Å². The second-order valence-electron chi connectivity index (χ2n) is 2.91. The normalized spacial score (nSPS) is 9.87. The molecule has 0 fully saturated rings. The number of anilines is 1. The minimum Gasteiger partial charge on any atom is -0.507 e. The maximum absolute atomic E-state index is 11.6. The van der Waals surface area contributed by atoms with Crippen LogP contribution < -0.4 is 5.32 Å². The number of hydrogen-bond acceptors (Lipinski definition) is 3. The summed E-state index contributed by atoms with van der Waals surface area (Å²) in [5.41, 5.74) is 0.217. The fourth-order valence-corrected chi connectivity index (χ4v) is 1.17. The molecule has 5 nitrogen and oxygen atoms in total. The van der Waals surface area contributed by atoms with Crippen molar-refractivity contribution in [1.29, 1.82) is 0 Å². The van der Waals surface area contributed by atoms with Gasteiger partial charge in [-0.05, 0) is 12.1 Å². The van der Waals surface area contributed by atoms with E-state index in [0.29, 0.717) is 5.95 Å². The lowest BCUT2D eigenvalue weighted by molar-refractivity contribution is 0.102. The summed E-state index contributed by atoms with van der Waals surface area (Å²) in [6.07, 6.45) is 3.13. The molecule has 15 heavy (non-hydrogen) atoms. The number of aromatic hydroxyl groups is 1. The quantitative estimate of drug-likeness (QED) is 0.689. The Balaban J connectivity index is 2.19. The van der Waals surface area contributed by atoms with E-state index in [1.54, 1.807) is 18.3 Å². The van der Waals surface area contributed by atoms with Crippen molar-refractivity contribution in [3.63, 3.8) is 0 Å². The molecule has 2 rings (SSSR count). The molecular formula is C10H9N3O2. The standard InChI is InChI=1S/C10H9N3O2/c14-8-4-2-1-3-7(8)9(15)13-10-11-5-6-12-10/h1-6,14H,(H2,11,12,13,15). The molecule has 0 spiro atoms. The SMILES string of the molecule is O=C(Nc1ncc[nH]1)c1ccccc1O. The number of aromatic nitrogens is 2. The Bertz CT molecular complexity index is 465. The van der Waals surface area contributed by atoms with Gasteiger partial charge >= 0.3 is 0 Å². The van der Waals surface area contributed by atoms with Gasteiger partial charge in [-0.2, -0.15) is 0 Å². The molecular weight excluding hydrogens is 194 g/mol. The van der Waals surface area contributed by atoms with Gasteiger partial charge in [-0.15, -0.1) is 0 Å². The number of amides is 1. The summed E-state index contributed by atoms with van der Waals surface area (Å²) in [7, 11) is 0. The van der Waals surface area contributed by atoms with Crippen molar-refractivity contribution in [2.24, 2.45) is 0 Å². The van der Waals surface area contributed by atoms with Crippen LogP contribution in [0.25, 0.3) is 0 Å². The Morgan fingerprint density at radius 3 is 2.87 bits per heavy atom. The van der Waals surface area contributed by atoms with Crippen LogP contribution in [-0.4, -0.2) is 21.0 Å². The predicted molar refractivity (Wildman–Crippen MR) is 54.6 cm³/mol. The Morgan fingerprint density at radius 1 is 1.40 bits per heavy atom. The smallest absolute Gasteiger partial charge is 0.261 e. The van der Waals surface area contributed by atoms with Crippen LogP contribution in [0.5, 0.6) is 5.75 Å². The molecule has 0 radical (unpaired) electrons. The van der Waals surface area contributed by atoms with Crippen molar-refractivity contribution in [2.75, 3.05) is 5.32 Å². The number of phenols is 1. The van der Waals surface area contributed by atoms with Crippen LogP contribution in [0.4, 0.5) is 5.95 Å². The summed E-state index contributed by atoms with van der Waals surface area (Å²) in [5, 5.41) is 11.9. The number of para-hydroxylation sites is 1. The van der Waals surface area contributed by atoms with E-state index in [-0.39, 0.29) is 11.3 Å². The first-order valence-corrected chi connectivity index (χ1v) is 4.36. The van der Waals surface area contributed by atoms with Crippen molar-refractivity contribution >= 4 is 11.9 Å². The Labute approximate surface area is 85.8 Å². The number of hydrogen-bond donors (Lipinski definition) is 3. The van der Waals surface area contributed by atoms with Crippen molar-refractivity contribution in [3.05, 3.63) is 42.2 Å². The molecule has 0 saturated heterocycles. The van der Waals surface area contributed by atoms with Gasteiger partial charge in [-0.3, -0.25) is 10.1 Å². The van der Waals surface area contributed by atoms with E-state index in [4.69, 9.17) is 0 Å². The summed E-state index contributed by atoms with van der Waals surface area (Å²) < 4.78 is 0. The predicted octanol–water partition coefficient (Wildman–Crippen LogP) is 1.37. The van der Waals surface area contributed by atoms with E-state index in [0.717, 1.165) is 0 Å². The largest absolute Gasteiger partial charge is 0.507 e. The van der Waals surface area contributed by atoms with E-state index in [1.807, 2.05) is 0 Å². The minimum absolute atomic E-state index is 0.0541. The van der Waals surface area contributed by atoms with E-state index in [1.165, 1.54) is 18.3 Å². The van der Waals surface area contributed by atoms with Crippen molar-refractivity contribution in [2.45, 2.75) is 0 Å². The number of nitrogens with zero attached hydrogens (tertiary/aromatic N) is 1. The summed E-state index contributed by atoms with van der Waals surface area (Å²) in [6.45, 7) is 0. The molecule has 1 amide bonds. The zero-order valence-electron chi connectivity index (χ0n) is 7.77. The lowest BCUT2D eigenvalue weighted by Gasteiger charge is -2.03. The third-order valence-corrected chi connectivity index (χ3v) is 1.88.